The third-order valence-electron chi connectivity index (χ3n) is 5.74. The lowest BCUT2D eigenvalue weighted by molar-refractivity contribution is 0.0244. The van der Waals surface area contributed by atoms with E-state index in [4.69, 9.17) is 14.2 Å². The van der Waals surface area contributed by atoms with Gasteiger partial charge >= 0.3 is 6.09 Å². The molecule has 0 radical (unpaired) electrons. The van der Waals surface area contributed by atoms with Crippen LogP contribution in [-0.4, -0.2) is 46.7 Å². The summed E-state index contributed by atoms with van der Waals surface area (Å²) >= 11 is 0. The van der Waals surface area contributed by atoms with E-state index < -0.39 is 5.60 Å². The summed E-state index contributed by atoms with van der Waals surface area (Å²) in [6.07, 6.45) is -0.327. The third kappa shape index (κ3) is 4.48. The predicted octanol–water partition coefficient (Wildman–Crippen LogP) is 5.07. The van der Waals surface area contributed by atoms with Crippen LogP contribution in [0.3, 0.4) is 0 Å². The van der Waals surface area contributed by atoms with Gasteiger partial charge in [0, 0.05) is 36.1 Å². The first-order chi connectivity index (χ1) is 16.3. The van der Waals surface area contributed by atoms with Crippen molar-refractivity contribution in [1.82, 2.24) is 15.1 Å². The molecule has 0 saturated carbocycles. The Hall–Kier alpha value is -3.81. The van der Waals surface area contributed by atoms with E-state index in [1.807, 2.05) is 64.1 Å². The van der Waals surface area contributed by atoms with Crippen molar-refractivity contribution in [2.24, 2.45) is 0 Å². The van der Waals surface area contributed by atoms with Crippen molar-refractivity contribution in [1.29, 1.82) is 0 Å². The molecular weight excluding hydrogens is 432 g/mol. The molecule has 34 heavy (non-hydrogen) atoms. The summed E-state index contributed by atoms with van der Waals surface area (Å²) < 4.78 is 16.8. The number of carbonyl (C=O) groups excluding carboxylic acids is 1. The van der Waals surface area contributed by atoms with Gasteiger partial charge in [-0.25, -0.2) is 4.79 Å². The van der Waals surface area contributed by atoms with Crippen LogP contribution in [0.2, 0.25) is 0 Å². The first-order valence-corrected chi connectivity index (χ1v) is 11.4. The van der Waals surface area contributed by atoms with E-state index in [1.54, 1.807) is 4.90 Å². The number of amides is 1. The van der Waals surface area contributed by atoms with Gasteiger partial charge in [0.2, 0.25) is 6.79 Å². The number of aryl methyl sites for hydroxylation is 1. The van der Waals surface area contributed by atoms with Gasteiger partial charge in [0.05, 0.1) is 17.9 Å². The van der Waals surface area contributed by atoms with E-state index in [0.29, 0.717) is 19.6 Å². The molecule has 0 aliphatic carbocycles. The summed E-state index contributed by atoms with van der Waals surface area (Å²) in [6.45, 7) is 9.32. The van der Waals surface area contributed by atoms with Gasteiger partial charge in [0.1, 0.15) is 5.60 Å². The molecule has 0 unspecified atom stereocenters. The summed E-state index contributed by atoms with van der Waals surface area (Å²) in [7, 11) is 0. The zero-order valence-corrected chi connectivity index (χ0v) is 19.9. The Morgan fingerprint density at radius 1 is 0.971 bits per heavy atom. The van der Waals surface area contributed by atoms with Gasteiger partial charge < -0.3 is 24.0 Å². The third-order valence-corrected chi connectivity index (χ3v) is 5.74. The second kappa shape index (κ2) is 8.52. The van der Waals surface area contributed by atoms with Crippen LogP contribution in [0, 0.1) is 6.92 Å². The fourth-order valence-electron chi connectivity index (χ4n) is 4.12. The van der Waals surface area contributed by atoms with Gasteiger partial charge in [-0.05, 0) is 69.7 Å². The Bertz CT molecular complexity index is 1220. The molecular formula is C26H28N4O4. The van der Waals surface area contributed by atoms with Crippen molar-refractivity contribution >= 4 is 17.5 Å². The molecule has 0 N–H and O–H groups in total. The molecule has 176 valence electrons. The number of anilines is 2. The lowest BCUT2D eigenvalue weighted by Crippen LogP contribution is -2.38. The topological polar surface area (TPSA) is 77.0 Å². The first kappa shape index (κ1) is 22.0. The number of rotatable bonds is 2. The van der Waals surface area contributed by atoms with E-state index >= 15 is 0 Å². The number of carbonyl (C=O) groups is 1. The van der Waals surface area contributed by atoms with Crippen LogP contribution in [0.25, 0.3) is 11.3 Å². The van der Waals surface area contributed by atoms with Gasteiger partial charge in [-0.15, -0.1) is 0 Å². The number of nitrogens with zero attached hydrogens (tertiary/aromatic N) is 4. The van der Waals surface area contributed by atoms with Crippen LogP contribution in [-0.2, 0) is 11.3 Å². The van der Waals surface area contributed by atoms with Crippen LogP contribution in [0.15, 0.2) is 48.5 Å². The normalized spacial score (nSPS) is 15.1. The Morgan fingerprint density at radius 2 is 1.79 bits per heavy atom. The monoisotopic (exact) mass is 460 g/mol. The minimum Gasteiger partial charge on any atom is -0.454 e. The highest BCUT2D eigenvalue weighted by Gasteiger charge is 2.28. The lowest BCUT2D eigenvalue weighted by Gasteiger charge is -2.27. The average Bonchev–Trinajstić information content (AvgIpc) is 3.17. The lowest BCUT2D eigenvalue weighted by atomic mass is 10.0. The second-order valence-corrected chi connectivity index (χ2v) is 9.49. The van der Waals surface area contributed by atoms with Gasteiger partial charge in [-0.3, -0.25) is 0 Å². The highest BCUT2D eigenvalue weighted by Crippen LogP contribution is 2.40. The quantitative estimate of drug-likeness (QED) is 0.528. The smallest absolute Gasteiger partial charge is 0.410 e. The fourth-order valence-corrected chi connectivity index (χ4v) is 4.12. The molecule has 2 aliphatic rings. The number of aromatic nitrogens is 2. The summed E-state index contributed by atoms with van der Waals surface area (Å²) in [6, 6.07) is 16.0. The van der Waals surface area contributed by atoms with Crippen LogP contribution in [0.4, 0.5) is 16.2 Å². The van der Waals surface area contributed by atoms with Crippen molar-refractivity contribution in [3.63, 3.8) is 0 Å². The summed E-state index contributed by atoms with van der Waals surface area (Å²) in [5.41, 5.74) is 5.03. The fraction of sp³-hybridized carbons (Fsp3) is 0.346. The average molecular weight is 461 g/mol. The number of benzene rings is 2. The van der Waals surface area contributed by atoms with Gasteiger partial charge in [-0.2, -0.15) is 10.2 Å². The van der Waals surface area contributed by atoms with E-state index in [2.05, 4.69) is 27.2 Å². The molecule has 2 aliphatic heterocycles. The van der Waals surface area contributed by atoms with E-state index in [0.717, 1.165) is 45.4 Å². The maximum absolute atomic E-state index is 13.0. The SMILES string of the molecule is Cc1ccc(-c2ccc3c(c2)CN(C(=O)OC(C)(C)C)CCN3c2ccc3c(c2)OCO3)nn1. The zero-order valence-electron chi connectivity index (χ0n) is 19.9. The molecule has 3 aromatic rings. The maximum atomic E-state index is 13.0. The predicted molar refractivity (Wildman–Crippen MR) is 128 cm³/mol. The highest BCUT2D eigenvalue weighted by molar-refractivity contribution is 5.75. The molecule has 0 spiro atoms. The van der Waals surface area contributed by atoms with E-state index in [9.17, 15) is 4.79 Å². The van der Waals surface area contributed by atoms with E-state index in [-0.39, 0.29) is 12.9 Å². The Kier molecular flexibility index (Phi) is 5.51. The maximum Gasteiger partial charge on any atom is 0.410 e. The molecule has 0 saturated heterocycles. The molecule has 8 heteroatoms. The van der Waals surface area contributed by atoms with E-state index in [1.165, 1.54) is 0 Å². The molecule has 1 amide bonds. The second-order valence-electron chi connectivity index (χ2n) is 9.49. The van der Waals surface area contributed by atoms with Crippen LogP contribution in [0.5, 0.6) is 11.5 Å². The standard InChI is InChI=1S/C26H28N4O4/c1-17-5-8-21(28-27-17)18-6-9-22-19(13-18)15-29(25(31)34-26(2,3)4)11-12-30(22)20-7-10-23-24(14-20)33-16-32-23/h5-10,13-14H,11-12,15-16H2,1-4H3. The van der Waals surface area contributed by atoms with Crippen molar-refractivity contribution in [2.45, 2.75) is 39.8 Å². The van der Waals surface area contributed by atoms with Gasteiger partial charge in [-0.1, -0.05) is 6.07 Å². The number of hydrogen-bond donors (Lipinski definition) is 0. The number of fused-ring (bicyclic) bond motifs is 2. The Labute approximate surface area is 199 Å². The van der Waals surface area contributed by atoms with Crippen molar-refractivity contribution < 1.29 is 19.0 Å². The summed E-state index contributed by atoms with van der Waals surface area (Å²) in [5, 5.41) is 8.54. The van der Waals surface area contributed by atoms with Gasteiger partial charge in [0.25, 0.3) is 0 Å². The number of hydrogen-bond acceptors (Lipinski definition) is 7. The molecule has 1 aromatic heterocycles. The van der Waals surface area contributed by atoms with Gasteiger partial charge in [0.15, 0.2) is 11.5 Å². The summed E-state index contributed by atoms with van der Waals surface area (Å²) in [5.74, 6) is 1.46. The largest absolute Gasteiger partial charge is 0.454 e. The minimum absolute atomic E-state index is 0.225. The van der Waals surface area contributed by atoms with Crippen LogP contribution in [0.1, 0.15) is 32.0 Å². The molecule has 2 aromatic carbocycles. The summed E-state index contributed by atoms with van der Waals surface area (Å²) in [4.78, 5) is 16.9. The highest BCUT2D eigenvalue weighted by atomic mass is 16.7. The van der Waals surface area contributed by atoms with Crippen LogP contribution < -0.4 is 14.4 Å². The molecule has 0 fully saturated rings. The zero-order chi connectivity index (χ0) is 23.9. The molecule has 3 heterocycles. The van der Waals surface area contributed by atoms with Crippen molar-refractivity contribution in [2.75, 3.05) is 24.8 Å². The first-order valence-electron chi connectivity index (χ1n) is 11.4. The van der Waals surface area contributed by atoms with Crippen molar-refractivity contribution in [3.8, 4) is 22.8 Å². The molecule has 8 nitrogen and oxygen atoms in total. The minimum atomic E-state index is -0.567. The van der Waals surface area contributed by atoms with Crippen molar-refractivity contribution in [3.05, 3.63) is 59.8 Å². The Morgan fingerprint density at radius 3 is 2.56 bits per heavy atom. The number of ether oxygens (including phenoxy) is 3. The molecule has 0 atom stereocenters. The Balaban J connectivity index is 1.54. The molecule has 0 bridgehead atoms. The molecule has 5 rings (SSSR count). The van der Waals surface area contributed by atoms with Crippen LogP contribution >= 0.6 is 0 Å².